The van der Waals surface area contributed by atoms with Crippen molar-refractivity contribution < 1.29 is 8.42 Å². The van der Waals surface area contributed by atoms with Gasteiger partial charge in [0.25, 0.3) is 0 Å². The third kappa shape index (κ3) is 1.63. The first kappa shape index (κ1) is 10.5. The van der Waals surface area contributed by atoms with Crippen molar-refractivity contribution in [1.82, 2.24) is 0 Å². The lowest BCUT2D eigenvalue weighted by Crippen LogP contribution is -2.40. The summed E-state index contributed by atoms with van der Waals surface area (Å²) in [7, 11) is -3.11. The molecule has 0 saturated heterocycles. The van der Waals surface area contributed by atoms with E-state index in [-0.39, 0.29) is 11.4 Å². The second kappa shape index (κ2) is 2.98. The van der Waals surface area contributed by atoms with Crippen LogP contribution in [0.15, 0.2) is 29.2 Å². The molecule has 1 aromatic rings. The zero-order valence-electron chi connectivity index (χ0n) is 9.19. The highest BCUT2D eigenvalue weighted by Crippen LogP contribution is 2.37. The fourth-order valence-corrected chi connectivity index (χ4v) is 3.60. The van der Waals surface area contributed by atoms with Gasteiger partial charge in [-0.05, 0) is 32.9 Å². The van der Waals surface area contributed by atoms with Gasteiger partial charge < -0.3 is 4.90 Å². The summed E-state index contributed by atoms with van der Waals surface area (Å²) in [6.45, 7) is 6.06. The second-order valence-electron chi connectivity index (χ2n) is 4.81. The number of rotatable bonds is 0. The molecule has 0 amide bonds. The Kier molecular flexibility index (Phi) is 2.08. The van der Waals surface area contributed by atoms with Gasteiger partial charge in [-0.3, -0.25) is 0 Å². The molecule has 1 aromatic carbocycles. The molecule has 4 heteroatoms. The van der Waals surface area contributed by atoms with Crippen molar-refractivity contribution in [3.05, 3.63) is 24.3 Å². The molecular weight excluding hydrogens is 210 g/mol. The maximum Gasteiger partial charge on any atom is 0.198 e. The minimum absolute atomic E-state index is 0.0931. The van der Waals surface area contributed by atoms with Crippen LogP contribution in [0, 0.1) is 0 Å². The van der Waals surface area contributed by atoms with Crippen molar-refractivity contribution in [3.8, 4) is 0 Å². The molecule has 3 nitrogen and oxygen atoms in total. The second-order valence-corrected chi connectivity index (χ2v) is 6.74. The van der Waals surface area contributed by atoms with Crippen LogP contribution >= 0.6 is 0 Å². The minimum Gasteiger partial charge on any atom is -0.351 e. The molecule has 0 spiro atoms. The zero-order chi connectivity index (χ0) is 11.3. The Morgan fingerprint density at radius 3 is 2.40 bits per heavy atom. The van der Waals surface area contributed by atoms with Crippen molar-refractivity contribution in [2.75, 3.05) is 10.8 Å². The molecule has 82 valence electrons. The predicted octanol–water partition coefficient (Wildman–Crippen LogP) is 2.04. The molecule has 0 unspecified atom stereocenters. The van der Waals surface area contributed by atoms with Gasteiger partial charge in [0, 0.05) is 5.54 Å². The molecule has 15 heavy (non-hydrogen) atoms. The summed E-state index contributed by atoms with van der Waals surface area (Å²) in [5, 5.41) is 0. The van der Waals surface area contributed by atoms with Crippen LogP contribution in [0.2, 0.25) is 0 Å². The summed E-state index contributed by atoms with van der Waals surface area (Å²) in [5.41, 5.74) is 0.657. The van der Waals surface area contributed by atoms with Crippen molar-refractivity contribution in [2.24, 2.45) is 0 Å². The van der Waals surface area contributed by atoms with Gasteiger partial charge >= 0.3 is 0 Å². The predicted molar refractivity (Wildman–Crippen MR) is 60.7 cm³/mol. The Morgan fingerprint density at radius 2 is 1.80 bits per heavy atom. The number of sulfone groups is 1. The number of fused-ring (bicyclic) bond motifs is 1. The number of nitrogens with zero attached hydrogens (tertiary/aromatic N) is 1. The maximum absolute atomic E-state index is 11.9. The van der Waals surface area contributed by atoms with Crippen LogP contribution in [0.1, 0.15) is 20.8 Å². The lowest BCUT2D eigenvalue weighted by atomic mass is 10.1. The van der Waals surface area contributed by atoms with Gasteiger partial charge in [-0.25, -0.2) is 8.42 Å². The van der Waals surface area contributed by atoms with Crippen molar-refractivity contribution in [2.45, 2.75) is 31.2 Å². The summed E-state index contributed by atoms with van der Waals surface area (Å²) < 4.78 is 23.7. The van der Waals surface area contributed by atoms with Gasteiger partial charge in [0.05, 0.1) is 10.6 Å². The average molecular weight is 225 g/mol. The first-order chi connectivity index (χ1) is 6.82. The van der Waals surface area contributed by atoms with Gasteiger partial charge in [-0.2, -0.15) is 0 Å². The normalized spacial score (nSPS) is 19.0. The van der Waals surface area contributed by atoms with E-state index in [1.165, 1.54) is 0 Å². The quantitative estimate of drug-likeness (QED) is 0.678. The Balaban J connectivity index is 2.62. The molecule has 0 aliphatic carbocycles. The van der Waals surface area contributed by atoms with E-state index in [0.717, 1.165) is 5.69 Å². The van der Waals surface area contributed by atoms with Crippen molar-refractivity contribution in [3.63, 3.8) is 0 Å². The van der Waals surface area contributed by atoms with Crippen LogP contribution in [0.4, 0.5) is 5.69 Å². The topological polar surface area (TPSA) is 37.4 Å². The van der Waals surface area contributed by atoms with E-state index >= 15 is 0 Å². The molecule has 1 heterocycles. The lowest BCUT2D eigenvalue weighted by molar-refractivity contribution is 0.527. The fourth-order valence-electron chi connectivity index (χ4n) is 1.81. The van der Waals surface area contributed by atoms with Crippen LogP contribution < -0.4 is 4.90 Å². The smallest absolute Gasteiger partial charge is 0.198 e. The third-order valence-electron chi connectivity index (χ3n) is 2.60. The first-order valence-electron chi connectivity index (χ1n) is 4.92. The highest BCUT2D eigenvalue weighted by molar-refractivity contribution is 7.92. The number of hydrogen-bond acceptors (Lipinski definition) is 3. The SMILES string of the molecule is CC(C)(C)N1CS(=O)(=O)c2ccccc21. The van der Waals surface area contributed by atoms with Gasteiger partial charge in [-0.15, -0.1) is 0 Å². The Bertz CT molecular complexity index is 486. The number of para-hydroxylation sites is 1. The van der Waals surface area contributed by atoms with Gasteiger partial charge in [0.1, 0.15) is 5.88 Å². The van der Waals surface area contributed by atoms with Crippen LogP contribution in [-0.4, -0.2) is 19.8 Å². The Morgan fingerprint density at radius 1 is 1.20 bits per heavy atom. The first-order valence-corrected chi connectivity index (χ1v) is 6.57. The monoisotopic (exact) mass is 225 g/mol. The largest absolute Gasteiger partial charge is 0.351 e. The van der Waals surface area contributed by atoms with Crippen LogP contribution in [0.25, 0.3) is 0 Å². The van der Waals surface area contributed by atoms with E-state index in [9.17, 15) is 8.42 Å². The van der Waals surface area contributed by atoms with Crippen LogP contribution in [0.5, 0.6) is 0 Å². The number of hydrogen-bond donors (Lipinski definition) is 0. The summed E-state index contributed by atoms with van der Waals surface area (Å²) in [6.07, 6.45) is 0. The van der Waals surface area contributed by atoms with E-state index in [4.69, 9.17) is 0 Å². The van der Waals surface area contributed by atoms with Crippen LogP contribution in [-0.2, 0) is 9.84 Å². The zero-order valence-corrected chi connectivity index (χ0v) is 10.0. The standard InChI is InChI=1S/C11H15NO2S/c1-11(2,3)12-8-15(13,14)10-7-5-4-6-9(10)12/h4-7H,8H2,1-3H3. The summed E-state index contributed by atoms with van der Waals surface area (Å²) in [4.78, 5) is 2.39. The molecule has 0 aromatic heterocycles. The van der Waals surface area contributed by atoms with Gasteiger partial charge in [-0.1, -0.05) is 12.1 Å². The molecule has 0 N–H and O–H groups in total. The van der Waals surface area contributed by atoms with E-state index in [1.54, 1.807) is 12.1 Å². The van der Waals surface area contributed by atoms with Crippen LogP contribution in [0.3, 0.4) is 0 Å². The molecular formula is C11H15NO2S. The highest BCUT2D eigenvalue weighted by atomic mass is 32.2. The van der Waals surface area contributed by atoms with E-state index in [0.29, 0.717) is 4.90 Å². The molecule has 1 aliphatic rings. The Labute approximate surface area is 90.6 Å². The number of anilines is 1. The molecule has 2 rings (SSSR count). The number of benzene rings is 1. The summed E-state index contributed by atoms with van der Waals surface area (Å²) >= 11 is 0. The molecule has 0 radical (unpaired) electrons. The molecule has 0 atom stereocenters. The molecule has 0 saturated carbocycles. The molecule has 0 fully saturated rings. The van der Waals surface area contributed by atoms with Crippen molar-refractivity contribution >= 4 is 15.5 Å². The Hall–Kier alpha value is -1.03. The highest BCUT2D eigenvalue weighted by Gasteiger charge is 2.37. The lowest BCUT2D eigenvalue weighted by Gasteiger charge is -2.33. The van der Waals surface area contributed by atoms with Crippen molar-refractivity contribution in [1.29, 1.82) is 0 Å². The van der Waals surface area contributed by atoms with E-state index in [2.05, 4.69) is 0 Å². The average Bonchev–Trinajstić information content (AvgIpc) is 2.39. The molecule has 1 aliphatic heterocycles. The van der Waals surface area contributed by atoms with Gasteiger partial charge in [0.2, 0.25) is 0 Å². The fraction of sp³-hybridized carbons (Fsp3) is 0.455. The maximum atomic E-state index is 11.9. The summed E-state index contributed by atoms with van der Waals surface area (Å²) in [5.74, 6) is 0.0931. The van der Waals surface area contributed by atoms with Gasteiger partial charge in [0.15, 0.2) is 9.84 Å². The van der Waals surface area contributed by atoms with E-state index in [1.807, 2.05) is 37.8 Å². The minimum atomic E-state index is -3.11. The summed E-state index contributed by atoms with van der Waals surface area (Å²) in [6, 6.07) is 7.18. The third-order valence-corrected chi connectivity index (χ3v) is 4.21. The van der Waals surface area contributed by atoms with E-state index < -0.39 is 9.84 Å². The molecule has 0 bridgehead atoms.